The van der Waals surface area contributed by atoms with Crippen molar-refractivity contribution in [3.63, 3.8) is 0 Å². The van der Waals surface area contributed by atoms with Crippen LogP contribution in [0.2, 0.25) is 5.02 Å². The molecular formula is C22H22ClN3O. The number of fused-ring (bicyclic) bond motifs is 1. The molecule has 5 aliphatic carbocycles. The van der Waals surface area contributed by atoms with Crippen LogP contribution in [0.1, 0.15) is 6.42 Å². The van der Waals surface area contributed by atoms with E-state index in [1.807, 2.05) is 30.5 Å². The van der Waals surface area contributed by atoms with E-state index in [1.54, 1.807) is 0 Å². The minimum absolute atomic E-state index is 0.466. The SMILES string of the molecule is OC12C3C4CC5C6C4C1C6C(C53)N2CCNc1ccnc2cc(Cl)ccc12. The zero-order valence-corrected chi connectivity index (χ0v) is 15.7. The average molecular weight is 380 g/mol. The summed E-state index contributed by atoms with van der Waals surface area (Å²) in [7, 11) is 0. The smallest absolute Gasteiger partial charge is 0.125 e. The number of nitrogens with one attached hydrogen (secondary N) is 1. The normalized spacial score (nSPS) is 51.9. The Labute approximate surface area is 162 Å². The summed E-state index contributed by atoms with van der Waals surface area (Å²) in [6.45, 7) is 1.81. The van der Waals surface area contributed by atoms with Crippen LogP contribution in [0.25, 0.3) is 10.9 Å². The highest BCUT2D eigenvalue weighted by Crippen LogP contribution is 2.90. The van der Waals surface area contributed by atoms with Crippen molar-refractivity contribution in [2.24, 2.45) is 47.3 Å². The van der Waals surface area contributed by atoms with E-state index in [0.29, 0.717) is 17.9 Å². The number of nitrogens with zero attached hydrogens (tertiary/aromatic N) is 2. The highest BCUT2D eigenvalue weighted by Gasteiger charge is 2.93. The number of rotatable bonds is 4. The summed E-state index contributed by atoms with van der Waals surface area (Å²) in [5.41, 5.74) is 1.56. The van der Waals surface area contributed by atoms with Gasteiger partial charge in [0.2, 0.25) is 0 Å². The minimum Gasteiger partial charge on any atom is -0.383 e. The number of halogens is 1. The van der Waals surface area contributed by atoms with E-state index in [-0.39, 0.29) is 0 Å². The predicted octanol–water partition coefficient (Wildman–Crippen LogP) is 3.06. The second-order valence-corrected chi connectivity index (χ2v) is 10.3. The van der Waals surface area contributed by atoms with Gasteiger partial charge in [-0.3, -0.25) is 9.88 Å². The Hall–Kier alpha value is -1.36. The van der Waals surface area contributed by atoms with Crippen molar-refractivity contribution >= 4 is 28.2 Å². The first kappa shape index (κ1) is 14.6. The lowest BCUT2D eigenvalue weighted by atomic mass is 9.59. The van der Waals surface area contributed by atoms with E-state index in [9.17, 15) is 5.11 Å². The lowest BCUT2D eigenvalue weighted by Gasteiger charge is -2.45. The average Bonchev–Trinajstić information content (AvgIpc) is 3.28. The first-order valence-electron chi connectivity index (χ1n) is 10.5. The van der Waals surface area contributed by atoms with Gasteiger partial charge in [0.25, 0.3) is 0 Å². The van der Waals surface area contributed by atoms with Gasteiger partial charge in [0, 0.05) is 53.3 Å². The molecule has 138 valence electrons. The zero-order chi connectivity index (χ0) is 17.7. The molecule has 2 aromatic rings. The molecule has 9 rings (SSSR count). The van der Waals surface area contributed by atoms with Crippen LogP contribution in [-0.4, -0.2) is 39.8 Å². The fraction of sp³-hybridized carbons (Fsp3) is 0.591. The standard InChI is InChI=1S/C22H22ClN3O/c23-9-1-2-10-13(3-4-24-14(10)7-9)25-5-6-26-21-17-11-8-12-16-15(11)18(21)20(16)22(26,27)19(12)17/h1-4,7,11-12,15-21,27H,5-6,8H2,(H,24,25). The van der Waals surface area contributed by atoms with E-state index in [1.165, 1.54) is 6.42 Å². The second kappa shape index (κ2) is 4.29. The molecule has 10 atom stereocenters. The molecule has 10 unspecified atom stereocenters. The molecule has 27 heavy (non-hydrogen) atoms. The van der Waals surface area contributed by atoms with E-state index in [0.717, 1.165) is 70.2 Å². The maximum atomic E-state index is 11.8. The van der Waals surface area contributed by atoms with Crippen LogP contribution in [0.5, 0.6) is 0 Å². The van der Waals surface area contributed by atoms with Crippen molar-refractivity contribution in [3.05, 3.63) is 35.5 Å². The van der Waals surface area contributed by atoms with Crippen LogP contribution in [0.15, 0.2) is 30.5 Å². The highest BCUT2D eigenvalue weighted by molar-refractivity contribution is 6.31. The summed E-state index contributed by atoms with van der Waals surface area (Å²) in [4.78, 5) is 6.97. The van der Waals surface area contributed by atoms with Crippen molar-refractivity contribution in [1.82, 2.24) is 9.88 Å². The monoisotopic (exact) mass is 379 g/mol. The van der Waals surface area contributed by atoms with Gasteiger partial charge in [-0.2, -0.15) is 0 Å². The van der Waals surface area contributed by atoms with Gasteiger partial charge in [-0.05, 0) is 66.2 Å². The topological polar surface area (TPSA) is 48.4 Å². The summed E-state index contributed by atoms with van der Waals surface area (Å²) in [6.07, 6.45) is 3.28. The Morgan fingerprint density at radius 2 is 2.07 bits per heavy atom. The van der Waals surface area contributed by atoms with Gasteiger partial charge in [-0.15, -0.1) is 0 Å². The largest absolute Gasteiger partial charge is 0.383 e. The summed E-state index contributed by atoms with van der Waals surface area (Å²) in [5, 5.41) is 17.2. The lowest BCUT2D eigenvalue weighted by Crippen LogP contribution is -2.51. The number of pyridine rings is 1. The van der Waals surface area contributed by atoms with Gasteiger partial charge < -0.3 is 10.4 Å². The number of hydrogen-bond acceptors (Lipinski definition) is 4. The molecule has 2 saturated heterocycles. The molecule has 0 amide bonds. The van der Waals surface area contributed by atoms with Gasteiger partial charge >= 0.3 is 0 Å². The fourth-order valence-corrected chi connectivity index (χ4v) is 9.62. The molecule has 4 bridgehead atoms. The number of hydrogen-bond donors (Lipinski definition) is 2. The van der Waals surface area contributed by atoms with Crippen LogP contribution in [0.4, 0.5) is 5.69 Å². The molecule has 5 saturated carbocycles. The van der Waals surface area contributed by atoms with E-state index >= 15 is 0 Å². The maximum Gasteiger partial charge on any atom is 0.125 e. The van der Waals surface area contributed by atoms with Crippen LogP contribution in [0.3, 0.4) is 0 Å². The molecule has 3 heterocycles. The molecule has 2 aliphatic heterocycles. The quantitative estimate of drug-likeness (QED) is 0.857. The van der Waals surface area contributed by atoms with Crippen LogP contribution in [0, 0.1) is 47.3 Å². The molecule has 2 N–H and O–H groups in total. The Bertz CT molecular complexity index is 1030. The number of anilines is 1. The lowest BCUT2D eigenvalue weighted by molar-refractivity contribution is -0.130. The molecule has 5 heteroatoms. The van der Waals surface area contributed by atoms with Gasteiger partial charge in [-0.1, -0.05) is 11.6 Å². The highest BCUT2D eigenvalue weighted by atomic mass is 35.5. The third-order valence-corrected chi connectivity index (χ3v) is 9.82. The van der Waals surface area contributed by atoms with E-state index in [4.69, 9.17) is 11.6 Å². The third kappa shape index (κ3) is 1.32. The third-order valence-electron chi connectivity index (χ3n) is 9.58. The summed E-state index contributed by atoms with van der Waals surface area (Å²) < 4.78 is 0. The molecule has 1 aromatic heterocycles. The number of benzene rings is 1. The maximum absolute atomic E-state index is 11.8. The number of aliphatic hydroxyl groups is 1. The fourth-order valence-electron chi connectivity index (χ4n) is 9.45. The van der Waals surface area contributed by atoms with E-state index < -0.39 is 5.72 Å². The van der Waals surface area contributed by atoms with Crippen molar-refractivity contribution in [3.8, 4) is 0 Å². The summed E-state index contributed by atoms with van der Waals surface area (Å²) in [6, 6.07) is 8.59. The summed E-state index contributed by atoms with van der Waals surface area (Å²) >= 11 is 6.10. The first-order valence-corrected chi connectivity index (χ1v) is 10.8. The molecule has 0 spiro atoms. The Balaban J connectivity index is 1.08. The second-order valence-electron chi connectivity index (χ2n) is 9.84. The molecular weight excluding hydrogens is 358 g/mol. The van der Waals surface area contributed by atoms with Crippen molar-refractivity contribution in [1.29, 1.82) is 0 Å². The van der Waals surface area contributed by atoms with E-state index in [2.05, 4.69) is 15.2 Å². The summed E-state index contributed by atoms with van der Waals surface area (Å²) in [5.74, 6) is 6.51. The van der Waals surface area contributed by atoms with Gasteiger partial charge in [0.1, 0.15) is 5.72 Å². The van der Waals surface area contributed by atoms with Crippen molar-refractivity contribution in [2.45, 2.75) is 18.2 Å². The molecule has 7 fully saturated rings. The predicted molar refractivity (Wildman–Crippen MR) is 103 cm³/mol. The minimum atomic E-state index is -0.466. The van der Waals surface area contributed by atoms with Crippen LogP contribution in [-0.2, 0) is 0 Å². The van der Waals surface area contributed by atoms with Gasteiger partial charge in [0.05, 0.1) is 5.52 Å². The Kier molecular flexibility index (Phi) is 2.32. The van der Waals surface area contributed by atoms with Crippen LogP contribution < -0.4 is 5.32 Å². The Morgan fingerprint density at radius 1 is 1.15 bits per heavy atom. The first-order chi connectivity index (χ1) is 13.2. The van der Waals surface area contributed by atoms with Crippen LogP contribution >= 0.6 is 11.6 Å². The molecule has 0 radical (unpaired) electrons. The van der Waals surface area contributed by atoms with Crippen molar-refractivity contribution in [2.75, 3.05) is 18.4 Å². The molecule has 4 nitrogen and oxygen atoms in total. The number of aromatic nitrogens is 1. The van der Waals surface area contributed by atoms with Gasteiger partial charge in [-0.25, -0.2) is 0 Å². The molecule has 1 aromatic carbocycles. The van der Waals surface area contributed by atoms with Crippen molar-refractivity contribution < 1.29 is 5.11 Å². The van der Waals surface area contributed by atoms with Gasteiger partial charge in [0.15, 0.2) is 0 Å². The zero-order valence-electron chi connectivity index (χ0n) is 14.9. The Morgan fingerprint density at radius 3 is 3.00 bits per heavy atom. The molecule has 7 aliphatic rings.